The van der Waals surface area contributed by atoms with Gasteiger partial charge < -0.3 is 9.47 Å². The number of ether oxygens (including phenoxy) is 2. The fourth-order valence-corrected chi connectivity index (χ4v) is 4.68. The zero-order chi connectivity index (χ0) is 22.1. The summed E-state index contributed by atoms with van der Waals surface area (Å²) in [6.45, 7) is 1.89. The molecule has 158 valence electrons. The van der Waals surface area contributed by atoms with Crippen molar-refractivity contribution in [2.75, 3.05) is 7.11 Å². The van der Waals surface area contributed by atoms with E-state index in [1.807, 2.05) is 79.7 Å². The van der Waals surface area contributed by atoms with Crippen LogP contribution in [0.25, 0.3) is 10.8 Å². The molecule has 0 fully saturated rings. The van der Waals surface area contributed by atoms with Crippen LogP contribution in [-0.2, 0) is 10.3 Å². The highest BCUT2D eigenvalue weighted by Gasteiger charge is 2.45. The van der Waals surface area contributed by atoms with Gasteiger partial charge in [0.15, 0.2) is 11.4 Å². The molecule has 0 radical (unpaired) electrons. The summed E-state index contributed by atoms with van der Waals surface area (Å²) in [5, 5.41) is 1.89. The van der Waals surface area contributed by atoms with Crippen molar-refractivity contribution >= 4 is 16.6 Å². The minimum Gasteiger partial charge on any atom is -0.496 e. The van der Waals surface area contributed by atoms with Crippen molar-refractivity contribution in [2.24, 2.45) is 0 Å². The lowest BCUT2D eigenvalue weighted by Gasteiger charge is -2.31. The van der Waals surface area contributed by atoms with Crippen LogP contribution in [-0.4, -0.2) is 12.9 Å². The van der Waals surface area contributed by atoms with Gasteiger partial charge in [-0.15, -0.1) is 0 Å². The Morgan fingerprint density at radius 2 is 1.41 bits per heavy atom. The van der Waals surface area contributed by atoms with E-state index in [4.69, 9.17) is 9.47 Å². The maximum absolute atomic E-state index is 14.0. The average molecular weight is 421 g/mol. The molecule has 3 nitrogen and oxygen atoms in total. The van der Waals surface area contributed by atoms with Gasteiger partial charge in [-0.2, -0.15) is 0 Å². The molecule has 1 aliphatic rings. The van der Waals surface area contributed by atoms with Crippen LogP contribution < -0.4 is 4.74 Å². The third-order valence-corrected chi connectivity index (χ3v) is 6.27. The fourth-order valence-electron chi connectivity index (χ4n) is 4.68. The van der Waals surface area contributed by atoms with Gasteiger partial charge >= 0.3 is 0 Å². The molecule has 0 aliphatic carbocycles. The quantitative estimate of drug-likeness (QED) is 0.338. The molecule has 0 atom stereocenters. The summed E-state index contributed by atoms with van der Waals surface area (Å²) in [5.74, 6) is 1.17. The molecule has 0 spiro atoms. The van der Waals surface area contributed by atoms with Crippen LogP contribution in [0.1, 0.15) is 34.8 Å². The number of fused-ring (bicyclic) bond motifs is 1. The zero-order valence-corrected chi connectivity index (χ0v) is 18.2. The van der Waals surface area contributed by atoms with Crippen LogP contribution >= 0.6 is 0 Å². The molecule has 1 aliphatic heterocycles. The molecule has 0 saturated heterocycles. The first-order chi connectivity index (χ1) is 15.6. The number of methoxy groups -OCH3 is 1. The first kappa shape index (κ1) is 20.1. The van der Waals surface area contributed by atoms with E-state index in [2.05, 4.69) is 24.3 Å². The standard InChI is InChI=1S/C29H24O3/c1-20-25(28(30)27-24-16-10-9-11-21(24)17-18-26(27)31-2)19-29(32-20,22-12-5-3-6-13-22)23-14-7-4-8-15-23/h3-18H,19H2,1-2H3. The first-order valence-corrected chi connectivity index (χ1v) is 10.7. The summed E-state index contributed by atoms with van der Waals surface area (Å²) < 4.78 is 12.2. The van der Waals surface area contributed by atoms with Crippen LogP contribution in [0.15, 0.2) is 108 Å². The molecule has 3 heteroatoms. The van der Waals surface area contributed by atoms with E-state index in [0.29, 0.717) is 29.1 Å². The van der Waals surface area contributed by atoms with Crippen LogP contribution in [0.5, 0.6) is 5.75 Å². The lowest BCUT2D eigenvalue weighted by molar-refractivity contribution is 0.0622. The zero-order valence-electron chi connectivity index (χ0n) is 18.2. The predicted octanol–water partition coefficient (Wildman–Crippen LogP) is 6.67. The average Bonchev–Trinajstić information content (AvgIpc) is 3.22. The molecular weight excluding hydrogens is 396 g/mol. The SMILES string of the molecule is COc1ccc2ccccc2c1C(=O)C1=C(C)OC(c2ccccc2)(c2ccccc2)C1. The second kappa shape index (κ2) is 8.01. The smallest absolute Gasteiger partial charge is 0.196 e. The molecule has 32 heavy (non-hydrogen) atoms. The van der Waals surface area contributed by atoms with E-state index in [-0.39, 0.29) is 5.78 Å². The first-order valence-electron chi connectivity index (χ1n) is 10.7. The summed E-state index contributed by atoms with van der Waals surface area (Å²) in [5.41, 5.74) is 2.57. The predicted molar refractivity (Wildman–Crippen MR) is 127 cm³/mol. The van der Waals surface area contributed by atoms with Crippen LogP contribution in [0.3, 0.4) is 0 Å². The van der Waals surface area contributed by atoms with Gasteiger partial charge in [0, 0.05) is 23.1 Å². The van der Waals surface area contributed by atoms with E-state index in [9.17, 15) is 4.79 Å². The van der Waals surface area contributed by atoms with Crippen molar-refractivity contribution in [2.45, 2.75) is 18.9 Å². The number of allylic oxidation sites excluding steroid dienone is 1. The molecule has 0 N–H and O–H groups in total. The van der Waals surface area contributed by atoms with Crippen molar-refractivity contribution in [1.29, 1.82) is 0 Å². The summed E-state index contributed by atoms with van der Waals surface area (Å²) in [7, 11) is 1.60. The third kappa shape index (κ3) is 3.18. The molecule has 5 rings (SSSR count). The van der Waals surface area contributed by atoms with Gasteiger partial charge in [0.2, 0.25) is 0 Å². The summed E-state index contributed by atoms with van der Waals surface area (Å²) in [6.07, 6.45) is 0.456. The second-order valence-electron chi connectivity index (χ2n) is 8.07. The largest absolute Gasteiger partial charge is 0.496 e. The van der Waals surface area contributed by atoms with Gasteiger partial charge in [-0.25, -0.2) is 0 Å². The summed E-state index contributed by atoms with van der Waals surface area (Å²) in [4.78, 5) is 14.0. The monoisotopic (exact) mass is 420 g/mol. The van der Waals surface area contributed by atoms with Gasteiger partial charge in [-0.3, -0.25) is 4.79 Å². The Morgan fingerprint density at radius 1 is 0.812 bits per heavy atom. The second-order valence-corrected chi connectivity index (χ2v) is 8.07. The van der Waals surface area contributed by atoms with E-state index >= 15 is 0 Å². The van der Waals surface area contributed by atoms with Crippen molar-refractivity contribution in [3.05, 3.63) is 125 Å². The van der Waals surface area contributed by atoms with Gasteiger partial charge in [0.05, 0.1) is 12.7 Å². The molecule has 1 heterocycles. The lowest BCUT2D eigenvalue weighted by atomic mass is 9.81. The molecular formula is C29H24O3. The molecule has 0 unspecified atom stereocenters. The van der Waals surface area contributed by atoms with Crippen molar-refractivity contribution in [1.82, 2.24) is 0 Å². The van der Waals surface area contributed by atoms with Crippen molar-refractivity contribution < 1.29 is 14.3 Å². The van der Waals surface area contributed by atoms with Crippen LogP contribution in [0.4, 0.5) is 0 Å². The molecule has 0 bridgehead atoms. The third-order valence-electron chi connectivity index (χ3n) is 6.27. The molecule has 4 aromatic rings. The Hall–Kier alpha value is -3.85. The van der Waals surface area contributed by atoms with Gasteiger partial charge in [0.25, 0.3) is 0 Å². The number of benzene rings is 4. The van der Waals surface area contributed by atoms with Crippen molar-refractivity contribution in [3.63, 3.8) is 0 Å². The number of ketones is 1. The maximum atomic E-state index is 14.0. The Morgan fingerprint density at radius 3 is 2.03 bits per heavy atom. The lowest BCUT2D eigenvalue weighted by Crippen LogP contribution is -2.27. The van der Waals surface area contributed by atoms with Gasteiger partial charge in [0.1, 0.15) is 11.5 Å². The van der Waals surface area contributed by atoms with Crippen LogP contribution in [0, 0.1) is 0 Å². The summed E-state index contributed by atoms with van der Waals surface area (Å²) >= 11 is 0. The Labute approximate surface area is 187 Å². The fraction of sp³-hybridized carbons (Fsp3) is 0.138. The number of hydrogen-bond acceptors (Lipinski definition) is 3. The van der Waals surface area contributed by atoms with Crippen molar-refractivity contribution in [3.8, 4) is 5.75 Å². The Bertz CT molecular complexity index is 1280. The van der Waals surface area contributed by atoms with E-state index in [1.165, 1.54) is 0 Å². The minimum absolute atomic E-state index is 0.0510. The minimum atomic E-state index is -0.741. The normalized spacial score (nSPS) is 14.9. The number of hydrogen-bond donors (Lipinski definition) is 0. The number of Topliss-reactive ketones (excluding diaryl/α,β-unsaturated/α-hetero) is 1. The van der Waals surface area contributed by atoms with Gasteiger partial charge in [-0.1, -0.05) is 91.0 Å². The van der Waals surface area contributed by atoms with Crippen LogP contribution in [0.2, 0.25) is 0 Å². The number of carbonyl (C=O) groups excluding carboxylic acids is 1. The van der Waals surface area contributed by atoms with E-state index in [1.54, 1.807) is 7.11 Å². The molecule has 0 aromatic heterocycles. The molecule has 4 aromatic carbocycles. The maximum Gasteiger partial charge on any atom is 0.196 e. The molecule has 0 saturated carbocycles. The highest BCUT2D eigenvalue weighted by molar-refractivity contribution is 6.18. The summed E-state index contributed by atoms with van der Waals surface area (Å²) in [6, 6.07) is 32.0. The highest BCUT2D eigenvalue weighted by atomic mass is 16.5. The Balaban J connectivity index is 1.64. The number of rotatable bonds is 5. The van der Waals surface area contributed by atoms with Gasteiger partial charge in [-0.05, 0) is 23.8 Å². The van der Waals surface area contributed by atoms with E-state index < -0.39 is 5.60 Å². The number of carbonyl (C=O) groups is 1. The van der Waals surface area contributed by atoms with E-state index in [0.717, 1.165) is 21.9 Å². The Kier molecular flexibility index (Phi) is 5.02. The molecule has 0 amide bonds. The highest BCUT2D eigenvalue weighted by Crippen LogP contribution is 2.48. The topological polar surface area (TPSA) is 35.5 Å².